The van der Waals surface area contributed by atoms with Crippen molar-refractivity contribution in [1.82, 2.24) is 9.78 Å². The van der Waals surface area contributed by atoms with Gasteiger partial charge in [0, 0.05) is 5.69 Å². The van der Waals surface area contributed by atoms with E-state index >= 15 is 0 Å². The molecule has 0 atom stereocenters. The summed E-state index contributed by atoms with van der Waals surface area (Å²) in [6.45, 7) is 3.59. The molecule has 96 valence electrons. The van der Waals surface area contributed by atoms with Crippen LogP contribution in [-0.2, 0) is 6.42 Å². The molecule has 1 fully saturated rings. The van der Waals surface area contributed by atoms with E-state index in [4.69, 9.17) is 0 Å². The van der Waals surface area contributed by atoms with E-state index in [0.717, 1.165) is 31.4 Å². The van der Waals surface area contributed by atoms with Crippen molar-refractivity contribution >= 4 is 0 Å². The first kappa shape index (κ1) is 12.5. The summed E-state index contributed by atoms with van der Waals surface area (Å²) in [6, 6.07) is 0.302. The number of rotatable bonds is 2. The molecule has 1 aromatic heterocycles. The van der Waals surface area contributed by atoms with Crippen LogP contribution in [0.3, 0.4) is 0 Å². The number of hydrogen-bond donors (Lipinski definition) is 0. The summed E-state index contributed by atoms with van der Waals surface area (Å²) in [5, 5.41) is 4.17. The van der Waals surface area contributed by atoms with E-state index < -0.39 is 12.6 Å². The van der Waals surface area contributed by atoms with Crippen LogP contribution in [0.5, 0.6) is 0 Å². The average Bonchev–Trinajstić information content (AvgIpc) is 2.80. The van der Waals surface area contributed by atoms with Gasteiger partial charge in [-0.15, -0.1) is 0 Å². The third-order valence-corrected chi connectivity index (χ3v) is 3.59. The lowest BCUT2D eigenvalue weighted by molar-refractivity contribution is -0.128. The molecule has 2 rings (SSSR count). The van der Waals surface area contributed by atoms with Crippen LogP contribution in [0, 0.1) is 13.8 Å². The fraction of sp³-hybridized carbons (Fsp3) is 0.750. The maximum atomic E-state index is 12.4. The molecule has 0 radical (unpaired) electrons. The largest absolute Gasteiger partial charge is 0.394 e. The van der Waals surface area contributed by atoms with E-state index in [0.29, 0.717) is 11.6 Å². The molecule has 1 aromatic rings. The van der Waals surface area contributed by atoms with E-state index in [1.807, 2.05) is 11.6 Å². The smallest absolute Gasteiger partial charge is 0.266 e. The number of hydrogen-bond acceptors (Lipinski definition) is 1. The van der Waals surface area contributed by atoms with Gasteiger partial charge >= 0.3 is 6.18 Å². The highest BCUT2D eigenvalue weighted by Gasteiger charge is 2.31. The Bertz CT molecular complexity index is 401. The van der Waals surface area contributed by atoms with Crippen LogP contribution in [0.25, 0.3) is 0 Å². The molecule has 1 aliphatic carbocycles. The van der Waals surface area contributed by atoms with Crippen molar-refractivity contribution in [2.45, 2.75) is 58.2 Å². The van der Waals surface area contributed by atoms with Gasteiger partial charge in [-0.05, 0) is 32.3 Å². The van der Waals surface area contributed by atoms with Gasteiger partial charge in [0.2, 0.25) is 0 Å². The number of halogens is 3. The van der Waals surface area contributed by atoms with Crippen LogP contribution in [0.1, 0.15) is 48.7 Å². The standard InChI is InChI=1S/C12H17F3N2/c1-8-9(2)17(10-5-3-4-6-10)16-11(8)7-12(13,14)15/h10H,3-7H2,1-2H3. The second-order valence-electron chi connectivity index (χ2n) is 4.83. The minimum absolute atomic E-state index is 0.182. The Morgan fingerprint density at radius 2 is 1.82 bits per heavy atom. The Labute approximate surface area is 98.8 Å². The lowest BCUT2D eigenvalue weighted by Gasteiger charge is -2.12. The molecule has 17 heavy (non-hydrogen) atoms. The molecule has 1 aliphatic rings. The molecule has 0 amide bonds. The van der Waals surface area contributed by atoms with Gasteiger partial charge < -0.3 is 0 Å². The van der Waals surface area contributed by atoms with Crippen molar-refractivity contribution in [1.29, 1.82) is 0 Å². The zero-order valence-electron chi connectivity index (χ0n) is 10.1. The average molecular weight is 246 g/mol. The second-order valence-corrected chi connectivity index (χ2v) is 4.83. The number of aromatic nitrogens is 2. The predicted molar refractivity (Wildman–Crippen MR) is 59.0 cm³/mol. The van der Waals surface area contributed by atoms with Gasteiger partial charge in [-0.3, -0.25) is 4.68 Å². The van der Waals surface area contributed by atoms with Gasteiger partial charge in [0.25, 0.3) is 0 Å². The molecule has 0 spiro atoms. The molecule has 0 N–H and O–H groups in total. The maximum absolute atomic E-state index is 12.4. The topological polar surface area (TPSA) is 17.8 Å². The summed E-state index contributed by atoms with van der Waals surface area (Å²) in [6.07, 6.45) is -0.721. The fourth-order valence-corrected chi connectivity index (χ4v) is 2.52. The van der Waals surface area contributed by atoms with E-state index in [-0.39, 0.29) is 5.69 Å². The lowest BCUT2D eigenvalue weighted by Crippen LogP contribution is -2.14. The van der Waals surface area contributed by atoms with Gasteiger partial charge in [-0.2, -0.15) is 18.3 Å². The maximum Gasteiger partial charge on any atom is 0.394 e. The van der Waals surface area contributed by atoms with Crippen molar-refractivity contribution in [3.63, 3.8) is 0 Å². The lowest BCUT2D eigenvalue weighted by atomic mass is 10.1. The molecular weight excluding hydrogens is 229 g/mol. The van der Waals surface area contributed by atoms with Crippen molar-refractivity contribution in [3.05, 3.63) is 17.0 Å². The Kier molecular flexibility index (Phi) is 3.19. The Morgan fingerprint density at radius 3 is 2.35 bits per heavy atom. The van der Waals surface area contributed by atoms with E-state index in [1.165, 1.54) is 0 Å². The van der Waals surface area contributed by atoms with Crippen molar-refractivity contribution < 1.29 is 13.2 Å². The number of alkyl halides is 3. The van der Waals surface area contributed by atoms with Gasteiger partial charge in [0.05, 0.1) is 18.2 Å². The zero-order valence-corrected chi connectivity index (χ0v) is 10.1. The third kappa shape index (κ3) is 2.64. The molecule has 0 aromatic carbocycles. The summed E-state index contributed by atoms with van der Waals surface area (Å²) in [5.41, 5.74) is 1.76. The van der Waals surface area contributed by atoms with Gasteiger partial charge in [-0.25, -0.2) is 0 Å². The van der Waals surface area contributed by atoms with Crippen LogP contribution in [0.4, 0.5) is 13.2 Å². The molecule has 0 bridgehead atoms. The highest BCUT2D eigenvalue weighted by molar-refractivity contribution is 5.25. The Balaban J connectivity index is 2.27. The Hall–Kier alpha value is -1.00. The molecule has 2 nitrogen and oxygen atoms in total. The van der Waals surface area contributed by atoms with E-state index in [9.17, 15) is 13.2 Å². The first-order valence-corrected chi connectivity index (χ1v) is 6.00. The predicted octanol–water partition coefficient (Wildman–Crippen LogP) is 3.72. The minimum atomic E-state index is -4.17. The van der Waals surface area contributed by atoms with Crippen LogP contribution in [0.15, 0.2) is 0 Å². The molecule has 0 unspecified atom stereocenters. The molecule has 1 heterocycles. The van der Waals surface area contributed by atoms with Crippen LogP contribution >= 0.6 is 0 Å². The quantitative estimate of drug-likeness (QED) is 0.777. The van der Waals surface area contributed by atoms with Crippen molar-refractivity contribution in [2.24, 2.45) is 0 Å². The monoisotopic (exact) mass is 246 g/mol. The molecule has 0 saturated heterocycles. The van der Waals surface area contributed by atoms with E-state index in [2.05, 4.69) is 5.10 Å². The fourth-order valence-electron chi connectivity index (χ4n) is 2.52. The summed E-state index contributed by atoms with van der Waals surface area (Å²) < 4.78 is 39.0. The highest BCUT2D eigenvalue weighted by Crippen LogP contribution is 2.32. The summed E-state index contributed by atoms with van der Waals surface area (Å²) in [4.78, 5) is 0. The van der Waals surface area contributed by atoms with Crippen molar-refractivity contribution in [2.75, 3.05) is 0 Å². The molecule has 5 heteroatoms. The van der Waals surface area contributed by atoms with Gasteiger partial charge in [0.1, 0.15) is 0 Å². The van der Waals surface area contributed by atoms with Crippen LogP contribution in [0.2, 0.25) is 0 Å². The molecular formula is C12H17F3N2. The second kappa shape index (κ2) is 4.35. The van der Waals surface area contributed by atoms with Crippen molar-refractivity contribution in [3.8, 4) is 0 Å². The first-order chi connectivity index (χ1) is 7.88. The summed E-state index contributed by atoms with van der Waals surface area (Å²) in [5.74, 6) is 0. The molecule has 0 aliphatic heterocycles. The normalized spacial score (nSPS) is 17.9. The summed E-state index contributed by atoms with van der Waals surface area (Å²) >= 11 is 0. The first-order valence-electron chi connectivity index (χ1n) is 6.00. The zero-order chi connectivity index (χ0) is 12.6. The number of nitrogens with zero attached hydrogens (tertiary/aromatic N) is 2. The highest BCUT2D eigenvalue weighted by atomic mass is 19.4. The molecule has 1 saturated carbocycles. The van der Waals surface area contributed by atoms with Crippen LogP contribution in [-0.4, -0.2) is 16.0 Å². The Morgan fingerprint density at radius 1 is 1.24 bits per heavy atom. The van der Waals surface area contributed by atoms with Gasteiger partial charge in [0.15, 0.2) is 0 Å². The van der Waals surface area contributed by atoms with E-state index in [1.54, 1.807) is 6.92 Å². The van der Waals surface area contributed by atoms with Gasteiger partial charge in [-0.1, -0.05) is 12.8 Å². The minimum Gasteiger partial charge on any atom is -0.266 e. The van der Waals surface area contributed by atoms with Crippen LogP contribution < -0.4 is 0 Å². The SMILES string of the molecule is Cc1c(CC(F)(F)F)nn(C2CCCC2)c1C. The summed E-state index contributed by atoms with van der Waals surface area (Å²) in [7, 11) is 0. The third-order valence-electron chi connectivity index (χ3n) is 3.59.